The third-order valence-corrected chi connectivity index (χ3v) is 2.54. The first kappa shape index (κ1) is 9.54. The summed E-state index contributed by atoms with van der Waals surface area (Å²) >= 11 is 0. The Morgan fingerprint density at radius 2 is 2.00 bits per heavy atom. The van der Waals surface area contributed by atoms with Gasteiger partial charge < -0.3 is 4.74 Å². The minimum Gasteiger partial charge on any atom is -0.481 e. The van der Waals surface area contributed by atoms with Crippen molar-refractivity contribution < 1.29 is 4.74 Å². The molecule has 2 rings (SSSR count). The minimum absolute atomic E-state index is 0.145. The van der Waals surface area contributed by atoms with Gasteiger partial charge in [-0.05, 0) is 18.1 Å². The maximum atomic E-state index is 8.92. The highest BCUT2D eigenvalue weighted by atomic mass is 16.5. The molecule has 1 unspecified atom stereocenters. The zero-order valence-electron chi connectivity index (χ0n) is 8.53. The van der Waals surface area contributed by atoms with Crippen LogP contribution in [0.4, 0.5) is 0 Å². The molecule has 1 aromatic carbocycles. The van der Waals surface area contributed by atoms with E-state index in [4.69, 9.17) is 10.00 Å². The molecule has 0 aromatic heterocycles. The summed E-state index contributed by atoms with van der Waals surface area (Å²) in [4.78, 5) is 0. The molecule has 74 valence electrons. The lowest BCUT2D eigenvalue weighted by atomic mass is 10.0. The van der Waals surface area contributed by atoms with E-state index < -0.39 is 0 Å². The Labute approximate surface area is 89.1 Å². The molecule has 0 N–H and O–H groups in total. The smallest absolute Gasteiger partial charge is 0.146 e. The normalized spacial score (nSPS) is 20.0. The fourth-order valence-electron chi connectivity index (χ4n) is 1.74. The van der Waals surface area contributed by atoms with E-state index in [0.717, 1.165) is 11.1 Å². The molecule has 0 saturated carbocycles. The molecule has 1 heterocycles. The molecule has 15 heavy (non-hydrogen) atoms. The Bertz CT molecular complexity index is 465. The van der Waals surface area contributed by atoms with Gasteiger partial charge in [0, 0.05) is 0 Å². The predicted molar refractivity (Wildman–Crippen MR) is 57.7 cm³/mol. The van der Waals surface area contributed by atoms with Crippen molar-refractivity contribution in [3.63, 3.8) is 0 Å². The van der Waals surface area contributed by atoms with E-state index in [-0.39, 0.29) is 6.10 Å². The summed E-state index contributed by atoms with van der Waals surface area (Å²) in [5.41, 5.74) is 2.57. The largest absolute Gasteiger partial charge is 0.481 e. The molecule has 1 aliphatic rings. The van der Waals surface area contributed by atoms with Crippen LogP contribution in [0.1, 0.15) is 18.6 Å². The van der Waals surface area contributed by atoms with Crippen molar-refractivity contribution in [3.05, 3.63) is 59.4 Å². The van der Waals surface area contributed by atoms with Gasteiger partial charge in [-0.1, -0.05) is 36.9 Å². The van der Waals surface area contributed by atoms with E-state index in [2.05, 4.69) is 12.6 Å². The Kier molecular flexibility index (Phi) is 2.31. The summed E-state index contributed by atoms with van der Waals surface area (Å²) in [6.07, 6.45) is -0.145. The second-order valence-electron chi connectivity index (χ2n) is 3.50. The highest BCUT2D eigenvalue weighted by molar-refractivity contribution is 5.48. The van der Waals surface area contributed by atoms with Crippen molar-refractivity contribution in [2.24, 2.45) is 0 Å². The Morgan fingerprint density at radius 3 is 2.53 bits per heavy atom. The molecule has 0 amide bonds. The minimum atomic E-state index is -0.145. The van der Waals surface area contributed by atoms with E-state index in [1.807, 2.05) is 37.3 Å². The third-order valence-electron chi connectivity index (χ3n) is 2.54. The van der Waals surface area contributed by atoms with Gasteiger partial charge in [0.05, 0.1) is 5.57 Å². The van der Waals surface area contributed by atoms with Gasteiger partial charge in [-0.25, -0.2) is 0 Å². The molecule has 1 atom stereocenters. The van der Waals surface area contributed by atoms with Crippen molar-refractivity contribution in [2.75, 3.05) is 0 Å². The fraction of sp³-hybridized carbons (Fsp3) is 0.154. The summed E-state index contributed by atoms with van der Waals surface area (Å²) in [6.45, 7) is 5.64. The number of hydrogen-bond donors (Lipinski definition) is 0. The number of allylic oxidation sites excluding steroid dienone is 1. The highest BCUT2D eigenvalue weighted by Crippen LogP contribution is 2.38. The number of hydrogen-bond acceptors (Lipinski definition) is 2. The van der Waals surface area contributed by atoms with Gasteiger partial charge in [0.15, 0.2) is 0 Å². The van der Waals surface area contributed by atoms with Crippen molar-refractivity contribution in [2.45, 2.75) is 13.0 Å². The summed E-state index contributed by atoms with van der Waals surface area (Å²) in [5.74, 6) is 0.476. The summed E-state index contributed by atoms with van der Waals surface area (Å²) in [7, 11) is 0. The Morgan fingerprint density at radius 1 is 1.33 bits per heavy atom. The molecule has 0 fully saturated rings. The lowest BCUT2D eigenvalue weighted by Gasteiger charge is -2.12. The SMILES string of the molecule is C=C1OC(c2ccccc2)C(C)=C1C#N. The first-order chi connectivity index (χ1) is 7.24. The average molecular weight is 197 g/mol. The van der Waals surface area contributed by atoms with E-state index in [1.165, 1.54) is 0 Å². The van der Waals surface area contributed by atoms with Crippen LogP contribution >= 0.6 is 0 Å². The van der Waals surface area contributed by atoms with Crippen molar-refractivity contribution in [1.29, 1.82) is 5.26 Å². The van der Waals surface area contributed by atoms with Gasteiger partial charge in [-0.15, -0.1) is 0 Å². The van der Waals surface area contributed by atoms with Gasteiger partial charge in [-0.3, -0.25) is 0 Å². The molecule has 0 spiro atoms. The lowest BCUT2D eigenvalue weighted by molar-refractivity contribution is 0.177. The first-order valence-electron chi connectivity index (χ1n) is 4.76. The van der Waals surface area contributed by atoms with Crippen LogP contribution in [0, 0.1) is 11.3 Å². The number of rotatable bonds is 1. The fourth-order valence-corrected chi connectivity index (χ4v) is 1.74. The zero-order valence-corrected chi connectivity index (χ0v) is 8.53. The molecule has 1 aliphatic heterocycles. The molecule has 2 heteroatoms. The molecule has 1 aromatic rings. The van der Waals surface area contributed by atoms with E-state index >= 15 is 0 Å². The molecule has 0 radical (unpaired) electrons. The van der Waals surface area contributed by atoms with Crippen LogP contribution in [0.5, 0.6) is 0 Å². The monoisotopic (exact) mass is 197 g/mol. The second-order valence-corrected chi connectivity index (χ2v) is 3.50. The number of benzene rings is 1. The Hall–Kier alpha value is -2.01. The van der Waals surface area contributed by atoms with Crippen LogP contribution < -0.4 is 0 Å². The zero-order chi connectivity index (χ0) is 10.8. The Balaban J connectivity index is 2.41. The summed E-state index contributed by atoms with van der Waals surface area (Å²) in [6, 6.07) is 12.0. The van der Waals surface area contributed by atoms with Gasteiger partial charge in [0.1, 0.15) is 17.9 Å². The number of nitrogens with zero attached hydrogens (tertiary/aromatic N) is 1. The highest BCUT2D eigenvalue weighted by Gasteiger charge is 2.27. The van der Waals surface area contributed by atoms with Crippen LogP contribution in [-0.4, -0.2) is 0 Å². The van der Waals surface area contributed by atoms with Gasteiger partial charge in [0.25, 0.3) is 0 Å². The van der Waals surface area contributed by atoms with E-state index in [0.29, 0.717) is 11.3 Å². The molecule has 0 saturated heterocycles. The predicted octanol–water partition coefficient (Wildman–Crippen LogP) is 3.11. The first-order valence-corrected chi connectivity index (χ1v) is 4.76. The second kappa shape index (κ2) is 3.62. The van der Waals surface area contributed by atoms with Crippen molar-refractivity contribution in [1.82, 2.24) is 0 Å². The summed E-state index contributed by atoms with van der Waals surface area (Å²) in [5, 5.41) is 8.92. The van der Waals surface area contributed by atoms with Crippen LogP contribution in [0.15, 0.2) is 53.8 Å². The number of ether oxygens (including phenoxy) is 1. The molecule has 2 nitrogen and oxygen atoms in total. The third kappa shape index (κ3) is 1.53. The van der Waals surface area contributed by atoms with Crippen LogP contribution in [0.25, 0.3) is 0 Å². The van der Waals surface area contributed by atoms with E-state index in [9.17, 15) is 0 Å². The average Bonchev–Trinajstić information content (AvgIpc) is 2.55. The quantitative estimate of drug-likeness (QED) is 0.693. The number of nitriles is 1. The van der Waals surface area contributed by atoms with Crippen molar-refractivity contribution in [3.8, 4) is 6.07 Å². The van der Waals surface area contributed by atoms with Crippen LogP contribution in [0.2, 0.25) is 0 Å². The molecular formula is C13H11NO. The van der Waals surface area contributed by atoms with E-state index in [1.54, 1.807) is 0 Å². The van der Waals surface area contributed by atoms with Gasteiger partial charge in [-0.2, -0.15) is 5.26 Å². The summed E-state index contributed by atoms with van der Waals surface area (Å²) < 4.78 is 5.57. The molecule has 0 bridgehead atoms. The van der Waals surface area contributed by atoms with Gasteiger partial charge in [0.2, 0.25) is 0 Å². The lowest BCUT2D eigenvalue weighted by Crippen LogP contribution is -1.97. The molecular weight excluding hydrogens is 186 g/mol. The molecule has 0 aliphatic carbocycles. The maximum Gasteiger partial charge on any atom is 0.146 e. The van der Waals surface area contributed by atoms with Crippen LogP contribution in [0.3, 0.4) is 0 Å². The van der Waals surface area contributed by atoms with Crippen LogP contribution in [-0.2, 0) is 4.74 Å². The maximum absolute atomic E-state index is 8.92. The standard InChI is InChI=1S/C13H11NO/c1-9-12(8-14)10(2)15-13(9)11-6-4-3-5-7-11/h3-7,13H,2H2,1H3. The van der Waals surface area contributed by atoms with Crippen molar-refractivity contribution >= 4 is 0 Å². The topological polar surface area (TPSA) is 33.0 Å². The van der Waals surface area contributed by atoms with Gasteiger partial charge >= 0.3 is 0 Å².